The van der Waals surface area contributed by atoms with Crippen molar-refractivity contribution >= 4 is 0 Å². The second-order valence-corrected chi connectivity index (χ2v) is 6.20. The lowest BCUT2D eigenvalue weighted by atomic mass is 9.95. The van der Waals surface area contributed by atoms with Crippen LogP contribution in [0.2, 0.25) is 0 Å². The smallest absolute Gasteiger partial charge is 0.122 e. The molecule has 5 nitrogen and oxygen atoms in total. The molecule has 0 amide bonds. The van der Waals surface area contributed by atoms with Crippen molar-refractivity contribution in [2.45, 2.75) is 44.9 Å². The SMILES string of the molecule is CC(C)N1CCC(CN)(N2CCn3ccnc3C2)C1. The first-order chi connectivity index (χ1) is 9.14. The fourth-order valence-corrected chi connectivity index (χ4v) is 3.46. The van der Waals surface area contributed by atoms with E-state index in [2.05, 4.69) is 39.4 Å². The van der Waals surface area contributed by atoms with Gasteiger partial charge in [0.25, 0.3) is 0 Å². The lowest BCUT2D eigenvalue weighted by Gasteiger charge is -2.43. The third kappa shape index (κ3) is 2.20. The van der Waals surface area contributed by atoms with Crippen molar-refractivity contribution in [3.05, 3.63) is 18.2 Å². The molecule has 2 aliphatic heterocycles. The molecule has 0 aromatic carbocycles. The van der Waals surface area contributed by atoms with Gasteiger partial charge in [-0.15, -0.1) is 0 Å². The molecule has 1 unspecified atom stereocenters. The van der Waals surface area contributed by atoms with Crippen LogP contribution in [0.5, 0.6) is 0 Å². The first-order valence-corrected chi connectivity index (χ1v) is 7.34. The predicted octanol–water partition coefficient (Wildman–Crippen LogP) is 0.510. The molecule has 0 saturated carbocycles. The summed E-state index contributed by atoms with van der Waals surface area (Å²) < 4.78 is 2.26. The number of rotatable bonds is 3. The van der Waals surface area contributed by atoms with Crippen LogP contribution in [0.4, 0.5) is 0 Å². The number of imidazole rings is 1. The molecule has 0 spiro atoms. The molecule has 2 N–H and O–H groups in total. The van der Waals surface area contributed by atoms with E-state index < -0.39 is 0 Å². The molecule has 0 aliphatic carbocycles. The molecule has 1 aromatic rings. The van der Waals surface area contributed by atoms with Crippen LogP contribution in [0.1, 0.15) is 26.1 Å². The zero-order valence-corrected chi connectivity index (χ0v) is 12.0. The minimum absolute atomic E-state index is 0.154. The van der Waals surface area contributed by atoms with E-state index in [1.54, 1.807) is 0 Å². The van der Waals surface area contributed by atoms with E-state index >= 15 is 0 Å². The Bertz CT molecular complexity index is 441. The average molecular weight is 263 g/mol. The quantitative estimate of drug-likeness (QED) is 0.863. The Morgan fingerprint density at radius 3 is 2.89 bits per heavy atom. The van der Waals surface area contributed by atoms with Gasteiger partial charge in [0.15, 0.2) is 0 Å². The molecule has 1 atom stereocenters. The van der Waals surface area contributed by atoms with Crippen LogP contribution in [0.3, 0.4) is 0 Å². The van der Waals surface area contributed by atoms with Crippen LogP contribution < -0.4 is 5.73 Å². The highest BCUT2D eigenvalue weighted by Gasteiger charge is 2.43. The van der Waals surface area contributed by atoms with Gasteiger partial charge in [-0.2, -0.15) is 0 Å². The summed E-state index contributed by atoms with van der Waals surface area (Å²) in [5.41, 5.74) is 6.32. The predicted molar refractivity (Wildman–Crippen MR) is 75.7 cm³/mol. The Kier molecular flexibility index (Phi) is 3.37. The van der Waals surface area contributed by atoms with E-state index in [9.17, 15) is 0 Å². The Hall–Kier alpha value is -0.910. The number of likely N-dealkylation sites (tertiary alicyclic amines) is 1. The molecule has 5 heteroatoms. The Labute approximate surface area is 115 Å². The van der Waals surface area contributed by atoms with Crippen LogP contribution in [0.25, 0.3) is 0 Å². The third-order valence-electron chi connectivity index (χ3n) is 4.89. The highest BCUT2D eigenvalue weighted by molar-refractivity contribution is 5.05. The van der Waals surface area contributed by atoms with Crippen LogP contribution >= 0.6 is 0 Å². The Morgan fingerprint density at radius 1 is 1.37 bits per heavy atom. The molecule has 3 rings (SSSR count). The van der Waals surface area contributed by atoms with Crippen molar-refractivity contribution in [3.63, 3.8) is 0 Å². The first kappa shape index (κ1) is 13.1. The van der Waals surface area contributed by atoms with Gasteiger partial charge >= 0.3 is 0 Å². The topological polar surface area (TPSA) is 50.3 Å². The zero-order valence-electron chi connectivity index (χ0n) is 12.0. The summed E-state index contributed by atoms with van der Waals surface area (Å²) >= 11 is 0. The van der Waals surface area contributed by atoms with E-state index in [1.165, 1.54) is 18.8 Å². The lowest BCUT2D eigenvalue weighted by Crippen LogP contribution is -2.57. The second kappa shape index (κ2) is 4.89. The monoisotopic (exact) mass is 263 g/mol. The molecule has 1 aromatic heterocycles. The largest absolute Gasteiger partial charge is 0.333 e. The van der Waals surface area contributed by atoms with Crippen LogP contribution in [-0.2, 0) is 13.1 Å². The van der Waals surface area contributed by atoms with Crippen molar-refractivity contribution in [2.24, 2.45) is 5.73 Å². The standard InChI is InChI=1S/C14H25N5/c1-12(2)18-5-3-14(10-15,11-18)19-8-7-17-6-4-16-13(17)9-19/h4,6,12H,3,5,7-11,15H2,1-2H3. The normalized spacial score (nSPS) is 29.1. The molecule has 0 bridgehead atoms. The average Bonchev–Trinajstić information content (AvgIpc) is 3.05. The maximum Gasteiger partial charge on any atom is 0.122 e. The summed E-state index contributed by atoms with van der Waals surface area (Å²) in [7, 11) is 0. The van der Waals surface area contributed by atoms with E-state index in [4.69, 9.17) is 5.73 Å². The molecule has 106 valence electrons. The van der Waals surface area contributed by atoms with Crippen LogP contribution in [0.15, 0.2) is 12.4 Å². The molecule has 0 radical (unpaired) electrons. The highest BCUT2D eigenvalue weighted by atomic mass is 15.3. The van der Waals surface area contributed by atoms with E-state index in [0.29, 0.717) is 6.04 Å². The number of hydrogen-bond acceptors (Lipinski definition) is 4. The van der Waals surface area contributed by atoms with E-state index in [1.807, 2.05) is 6.20 Å². The summed E-state index contributed by atoms with van der Waals surface area (Å²) in [6.07, 6.45) is 5.17. The summed E-state index contributed by atoms with van der Waals surface area (Å²) in [5, 5.41) is 0. The van der Waals surface area contributed by atoms with Gasteiger partial charge < -0.3 is 10.3 Å². The summed E-state index contributed by atoms with van der Waals surface area (Å²) in [5.74, 6) is 1.18. The van der Waals surface area contributed by atoms with Crippen molar-refractivity contribution in [2.75, 3.05) is 26.2 Å². The minimum atomic E-state index is 0.154. The fraction of sp³-hybridized carbons (Fsp3) is 0.786. The van der Waals surface area contributed by atoms with Gasteiger partial charge in [0, 0.05) is 56.7 Å². The van der Waals surface area contributed by atoms with Crippen molar-refractivity contribution in [1.82, 2.24) is 19.4 Å². The van der Waals surface area contributed by atoms with Crippen molar-refractivity contribution in [1.29, 1.82) is 0 Å². The molecule has 2 aliphatic rings. The molecule has 19 heavy (non-hydrogen) atoms. The van der Waals surface area contributed by atoms with Gasteiger partial charge in [0.2, 0.25) is 0 Å². The second-order valence-electron chi connectivity index (χ2n) is 6.20. The number of hydrogen-bond donors (Lipinski definition) is 1. The summed E-state index contributed by atoms with van der Waals surface area (Å²) in [6.45, 7) is 10.6. The fourth-order valence-electron chi connectivity index (χ4n) is 3.46. The Morgan fingerprint density at radius 2 is 2.21 bits per heavy atom. The van der Waals surface area contributed by atoms with Crippen LogP contribution in [0, 0.1) is 0 Å². The van der Waals surface area contributed by atoms with E-state index in [-0.39, 0.29) is 5.54 Å². The van der Waals surface area contributed by atoms with E-state index in [0.717, 1.165) is 32.7 Å². The summed E-state index contributed by atoms with van der Waals surface area (Å²) in [4.78, 5) is 9.58. The third-order valence-corrected chi connectivity index (χ3v) is 4.89. The van der Waals surface area contributed by atoms with Gasteiger partial charge in [-0.05, 0) is 20.3 Å². The first-order valence-electron chi connectivity index (χ1n) is 7.34. The van der Waals surface area contributed by atoms with Crippen molar-refractivity contribution in [3.8, 4) is 0 Å². The minimum Gasteiger partial charge on any atom is -0.333 e. The van der Waals surface area contributed by atoms with Gasteiger partial charge in [0.05, 0.1) is 6.54 Å². The molecular formula is C14H25N5. The van der Waals surface area contributed by atoms with Crippen molar-refractivity contribution < 1.29 is 0 Å². The molecule has 3 heterocycles. The lowest BCUT2D eigenvalue weighted by molar-refractivity contribution is 0.0652. The summed E-state index contributed by atoms with van der Waals surface area (Å²) in [6, 6.07) is 0.611. The number of fused-ring (bicyclic) bond motifs is 1. The highest BCUT2D eigenvalue weighted by Crippen LogP contribution is 2.31. The van der Waals surface area contributed by atoms with Gasteiger partial charge in [-0.1, -0.05) is 0 Å². The number of nitrogens with two attached hydrogens (primary N) is 1. The molecule has 1 saturated heterocycles. The maximum absolute atomic E-state index is 6.16. The maximum atomic E-state index is 6.16. The van der Waals surface area contributed by atoms with Crippen LogP contribution in [-0.4, -0.2) is 57.1 Å². The molecular weight excluding hydrogens is 238 g/mol. The number of aromatic nitrogens is 2. The zero-order chi connectivity index (χ0) is 13.5. The van der Waals surface area contributed by atoms with Gasteiger partial charge in [0.1, 0.15) is 5.82 Å². The van der Waals surface area contributed by atoms with Gasteiger partial charge in [-0.25, -0.2) is 4.98 Å². The van der Waals surface area contributed by atoms with Gasteiger partial charge in [-0.3, -0.25) is 9.80 Å². The molecule has 1 fully saturated rings. The number of nitrogens with zero attached hydrogens (tertiary/aromatic N) is 4. The Balaban J connectivity index is 1.77.